The molecule has 3 aromatic rings. The Kier molecular flexibility index (Phi) is 4.36. The third-order valence-electron chi connectivity index (χ3n) is 6.07. The van der Waals surface area contributed by atoms with Crippen LogP contribution in [0.15, 0.2) is 66.9 Å². The summed E-state index contributed by atoms with van der Waals surface area (Å²) in [6, 6.07) is 18.7. The van der Waals surface area contributed by atoms with Crippen molar-refractivity contribution in [1.82, 2.24) is 14.8 Å². The summed E-state index contributed by atoms with van der Waals surface area (Å²) in [7, 11) is 0. The highest BCUT2D eigenvalue weighted by Crippen LogP contribution is 2.45. The van der Waals surface area contributed by atoms with Gasteiger partial charge < -0.3 is 9.80 Å². The minimum Gasteiger partial charge on any atom is -0.309 e. The van der Waals surface area contributed by atoms with Gasteiger partial charge in [-0.05, 0) is 48.4 Å². The average molecular weight is 418 g/mol. The third-order valence-corrected chi connectivity index (χ3v) is 6.32. The molecule has 2 aliphatic heterocycles. The van der Waals surface area contributed by atoms with E-state index in [9.17, 15) is 9.59 Å². The van der Waals surface area contributed by atoms with E-state index in [0.29, 0.717) is 35.8 Å². The molecule has 5 nitrogen and oxygen atoms in total. The van der Waals surface area contributed by atoms with Crippen molar-refractivity contribution in [3.63, 3.8) is 0 Å². The fourth-order valence-corrected chi connectivity index (χ4v) is 4.72. The smallest absolute Gasteiger partial charge is 0.274 e. The number of hydrogen-bond donors (Lipinski definition) is 0. The average Bonchev–Trinajstić information content (AvgIpc) is 3.15. The number of aryl methyl sites for hydroxylation is 1. The second kappa shape index (κ2) is 6.96. The van der Waals surface area contributed by atoms with Crippen LogP contribution in [-0.4, -0.2) is 39.7 Å². The Morgan fingerprint density at radius 1 is 1.03 bits per heavy atom. The zero-order valence-electron chi connectivity index (χ0n) is 16.5. The van der Waals surface area contributed by atoms with Crippen LogP contribution < -0.4 is 0 Å². The van der Waals surface area contributed by atoms with Crippen molar-refractivity contribution in [2.45, 2.75) is 19.0 Å². The van der Waals surface area contributed by atoms with Crippen molar-refractivity contribution >= 4 is 23.4 Å². The molecule has 1 fully saturated rings. The second-order valence-corrected chi connectivity index (χ2v) is 8.23. The first-order chi connectivity index (χ1) is 14.5. The summed E-state index contributed by atoms with van der Waals surface area (Å²) < 4.78 is 0. The van der Waals surface area contributed by atoms with Crippen LogP contribution in [-0.2, 0) is 12.1 Å². The van der Waals surface area contributed by atoms with Crippen LogP contribution in [0.25, 0.3) is 0 Å². The molecule has 2 aliphatic rings. The van der Waals surface area contributed by atoms with E-state index in [1.54, 1.807) is 23.2 Å². The zero-order valence-corrected chi connectivity index (χ0v) is 17.3. The Morgan fingerprint density at radius 3 is 2.50 bits per heavy atom. The fraction of sp³-hybridized carbons (Fsp3) is 0.208. The van der Waals surface area contributed by atoms with Gasteiger partial charge in [0, 0.05) is 36.3 Å². The van der Waals surface area contributed by atoms with E-state index in [1.807, 2.05) is 60.4 Å². The van der Waals surface area contributed by atoms with Gasteiger partial charge in [-0.15, -0.1) is 0 Å². The first kappa shape index (κ1) is 18.8. The third kappa shape index (κ3) is 2.73. The van der Waals surface area contributed by atoms with Crippen molar-refractivity contribution in [1.29, 1.82) is 0 Å². The summed E-state index contributed by atoms with van der Waals surface area (Å²) in [6.07, 6.45) is 2.12. The van der Waals surface area contributed by atoms with Gasteiger partial charge in [0.2, 0.25) is 0 Å². The van der Waals surface area contributed by atoms with Crippen LogP contribution in [0.1, 0.15) is 37.5 Å². The summed E-state index contributed by atoms with van der Waals surface area (Å²) in [4.78, 5) is 35.0. The lowest BCUT2D eigenvalue weighted by Crippen LogP contribution is -2.58. The summed E-state index contributed by atoms with van der Waals surface area (Å²) in [6.45, 7) is 2.90. The Labute approximate surface area is 179 Å². The van der Waals surface area contributed by atoms with E-state index in [0.717, 1.165) is 16.7 Å². The molecule has 0 spiro atoms. The molecule has 30 heavy (non-hydrogen) atoms. The molecule has 0 aliphatic carbocycles. The monoisotopic (exact) mass is 417 g/mol. The summed E-state index contributed by atoms with van der Waals surface area (Å²) in [5.41, 5.74) is 2.98. The van der Waals surface area contributed by atoms with E-state index in [4.69, 9.17) is 11.6 Å². The van der Waals surface area contributed by atoms with Gasteiger partial charge in [-0.25, -0.2) is 0 Å². The van der Waals surface area contributed by atoms with Crippen LogP contribution in [0.3, 0.4) is 0 Å². The van der Waals surface area contributed by atoms with Gasteiger partial charge in [-0.2, -0.15) is 0 Å². The first-order valence-corrected chi connectivity index (χ1v) is 10.3. The van der Waals surface area contributed by atoms with Crippen molar-refractivity contribution in [3.8, 4) is 0 Å². The van der Waals surface area contributed by atoms with Crippen LogP contribution >= 0.6 is 11.6 Å². The number of amides is 2. The normalized spacial score (nSPS) is 20.1. The van der Waals surface area contributed by atoms with E-state index in [2.05, 4.69) is 4.98 Å². The largest absolute Gasteiger partial charge is 0.309 e. The van der Waals surface area contributed by atoms with Gasteiger partial charge in [0.15, 0.2) is 0 Å². The number of carbonyl (C=O) groups is 2. The Balaban J connectivity index is 1.68. The van der Waals surface area contributed by atoms with Crippen LogP contribution in [0.2, 0.25) is 5.02 Å². The SMILES string of the molecule is Cc1ccc(C(=O)N2CCN3C(=O)c4ncccc4CC23c2ccc(Cl)cc2)cc1. The van der Waals surface area contributed by atoms with E-state index in [-0.39, 0.29) is 11.8 Å². The Hall–Kier alpha value is -3.18. The number of benzene rings is 2. The predicted molar refractivity (Wildman–Crippen MR) is 114 cm³/mol. The van der Waals surface area contributed by atoms with Crippen molar-refractivity contribution in [2.75, 3.05) is 13.1 Å². The topological polar surface area (TPSA) is 53.5 Å². The minimum atomic E-state index is -0.903. The highest BCUT2D eigenvalue weighted by atomic mass is 35.5. The highest BCUT2D eigenvalue weighted by molar-refractivity contribution is 6.30. The van der Waals surface area contributed by atoms with Gasteiger partial charge in [-0.1, -0.05) is 47.5 Å². The number of aromatic nitrogens is 1. The first-order valence-electron chi connectivity index (χ1n) is 9.91. The number of nitrogens with zero attached hydrogens (tertiary/aromatic N) is 3. The van der Waals surface area contributed by atoms with Crippen molar-refractivity contribution < 1.29 is 9.59 Å². The molecule has 3 heterocycles. The molecular weight excluding hydrogens is 398 g/mol. The number of carbonyl (C=O) groups excluding carboxylic acids is 2. The molecule has 1 unspecified atom stereocenters. The molecule has 0 saturated carbocycles. The van der Waals surface area contributed by atoms with Gasteiger partial charge in [0.1, 0.15) is 11.4 Å². The second-order valence-electron chi connectivity index (χ2n) is 7.79. The van der Waals surface area contributed by atoms with Gasteiger partial charge in [0.25, 0.3) is 11.8 Å². The van der Waals surface area contributed by atoms with Gasteiger partial charge in [-0.3, -0.25) is 14.6 Å². The summed E-state index contributed by atoms with van der Waals surface area (Å²) >= 11 is 6.14. The van der Waals surface area contributed by atoms with E-state index >= 15 is 0 Å². The molecule has 0 radical (unpaired) electrons. The molecule has 1 aromatic heterocycles. The minimum absolute atomic E-state index is 0.0902. The quantitative estimate of drug-likeness (QED) is 0.632. The van der Waals surface area contributed by atoms with Crippen molar-refractivity contribution in [2.24, 2.45) is 0 Å². The van der Waals surface area contributed by atoms with Gasteiger partial charge in [0.05, 0.1) is 0 Å². The highest BCUT2D eigenvalue weighted by Gasteiger charge is 2.56. The maximum absolute atomic E-state index is 13.6. The van der Waals surface area contributed by atoms with E-state index in [1.165, 1.54) is 0 Å². The summed E-state index contributed by atoms with van der Waals surface area (Å²) in [5, 5.41) is 0.611. The zero-order chi connectivity index (χ0) is 20.9. The molecule has 5 rings (SSSR count). The summed E-state index contributed by atoms with van der Waals surface area (Å²) in [5.74, 6) is -0.237. The number of rotatable bonds is 2. The molecule has 6 heteroatoms. The molecular formula is C24H20ClN3O2. The molecule has 150 valence electrons. The van der Waals surface area contributed by atoms with Gasteiger partial charge >= 0.3 is 0 Å². The Bertz CT molecular complexity index is 1140. The standard InChI is InChI=1S/C24H20ClN3O2/c1-16-4-6-17(7-5-16)22(29)27-13-14-28-23(30)21-18(3-2-12-26-21)15-24(27,28)19-8-10-20(25)11-9-19/h2-12H,13-15H2,1H3. The number of hydrogen-bond acceptors (Lipinski definition) is 3. The van der Waals surface area contributed by atoms with E-state index < -0.39 is 5.66 Å². The predicted octanol–water partition coefficient (Wildman–Crippen LogP) is 4.05. The van der Waals surface area contributed by atoms with Crippen molar-refractivity contribution in [3.05, 3.63) is 99.8 Å². The molecule has 1 atom stereocenters. The lowest BCUT2D eigenvalue weighted by Gasteiger charge is -2.47. The van der Waals surface area contributed by atoms with Crippen LogP contribution in [0.4, 0.5) is 0 Å². The molecule has 0 bridgehead atoms. The Morgan fingerprint density at radius 2 is 1.77 bits per heavy atom. The maximum Gasteiger partial charge on any atom is 0.274 e. The lowest BCUT2D eigenvalue weighted by atomic mass is 9.85. The maximum atomic E-state index is 13.6. The molecule has 2 amide bonds. The number of halogens is 1. The number of pyridine rings is 1. The molecule has 0 N–H and O–H groups in total. The van der Waals surface area contributed by atoms with Crippen LogP contribution in [0, 0.1) is 6.92 Å². The molecule has 1 saturated heterocycles. The molecule has 2 aromatic carbocycles. The van der Waals surface area contributed by atoms with Crippen LogP contribution in [0.5, 0.6) is 0 Å². The number of fused-ring (bicyclic) bond motifs is 2. The fourth-order valence-electron chi connectivity index (χ4n) is 4.60. The lowest BCUT2D eigenvalue weighted by molar-refractivity contribution is 0.00715.